The van der Waals surface area contributed by atoms with E-state index < -0.39 is 0 Å². The van der Waals surface area contributed by atoms with Gasteiger partial charge in [0.05, 0.1) is 4.60 Å². The van der Waals surface area contributed by atoms with Crippen LogP contribution in [0.3, 0.4) is 0 Å². The summed E-state index contributed by atoms with van der Waals surface area (Å²) < 4.78 is 8.35. The van der Waals surface area contributed by atoms with Crippen LogP contribution in [0.4, 0.5) is 0 Å². The molecular weight excluding hydrogens is 270 g/mol. The van der Waals surface area contributed by atoms with Crippen molar-refractivity contribution in [3.63, 3.8) is 0 Å². The highest BCUT2D eigenvalue weighted by atomic mass is 79.9. The molecular formula is C11H8BrN3O. The van der Waals surface area contributed by atoms with Crippen molar-refractivity contribution in [2.45, 2.75) is 6.92 Å². The van der Waals surface area contributed by atoms with E-state index in [9.17, 15) is 0 Å². The zero-order valence-corrected chi connectivity index (χ0v) is 10.1. The summed E-state index contributed by atoms with van der Waals surface area (Å²) in [5.41, 5.74) is 0.790. The van der Waals surface area contributed by atoms with Gasteiger partial charge in [-0.3, -0.25) is 4.40 Å². The molecule has 0 saturated heterocycles. The first-order chi connectivity index (χ1) is 7.75. The summed E-state index contributed by atoms with van der Waals surface area (Å²) in [5, 5.41) is 8.22. The van der Waals surface area contributed by atoms with Crippen LogP contribution in [0.5, 0.6) is 0 Å². The first-order valence-electron chi connectivity index (χ1n) is 4.82. The molecule has 0 amide bonds. The number of fused-ring (bicyclic) bond motifs is 1. The topological polar surface area (TPSA) is 43.3 Å². The summed E-state index contributed by atoms with van der Waals surface area (Å²) in [6.07, 6.45) is 0. The number of halogens is 1. The number of hydrogen-bond acceptors (Lipinski definition) is 3. The van der Waals surface area contributed by atoms with Crippen molar-refractivity contribution in [1.29, 1.82) is 0 Å². The fourth-order valence-electron chi connectivity index (χ4n) is 1.62. The first kappa shape index (κ1) is 9.59. The van der Waals surface area contributed by atoms with Gasteiger partial charge in [-0.1, -0.05) is 6.07 Å². The van der Waals surface area contributed by atoms with Gasteiger partial charge in [-0.2, -0.15) is 0 Å². The van der Waals surface area contributed by atoms with Crippen molar-refractivity contribution >= 4 is 21.6 Å². The van der Waals surface area contributed by atoms with Gasteiger partial charge in [0.25, 0.3) is 0 Å². The van der Waals surface area contributed by atoms with E-state index in [4.69, 9.17) is 4.42 Å². The molecule has 0 aliphatic heterocycles. The molecule has 0 aliphatic rings. The highest BCUT2D eigenvalue weighted by Gasteiger charge is 2.12. The van der Waals surface area contributed by atoms with Gasteiger partial charge in [-0.15, -0.1) is 10.2 Å². The lowest BCUT2D eigenvalue weighted by atomic mass is 10.4. The molecule has 0 aromatic carbocycles. The zero-order valence-electron chi connectivity index (χ0n) is 8.51. The molecule has 4 nitrogen and oxygen atoms in total. The van der Waals surface area contributed by atoms with Crippen molar-refractivity contribution in [2.24, 2.45) is 0 Å². The molecule has 0 spiro atoms. The Balaban J connectivity index is 2.32. The lowest BCUT2D eigenvalue weighted by Gasteiger charge is -1.99. The van der Waals surface area contributed by atoms with Crippen molar-refractivity contribution in [3.05, 3.63) is 40.7 Å². The smallest absolute Gasteiger partial charge is 0.205 e. The fourth-order valence-corrected chi connectivity index (χ4v) is 2.12. The Morgan fingerprint density at radius 3 is 2.81 bits per heavy atom. The van der Waals surface area contributed by atoms with Gasteiger partial charge in [0, 0.05) is 0 Å². The molecule has 5 heteroatoms. The minimum absolute atomic E-state index is 0.704. The summed E-state index contributed by atoms with van der Waals surface area (Å²) in [6, 6.07) is 9.57. The molecule has 0 radical (unpaired) electrons. The predicted molar refractivity (Wildman–Crippen MR) is 63.1 cm³/mol. The maximum absolute atomic E-state index is 5.55. The molecule has 0 N–H and O–H groups in total. The van der Waals surface area contributed by atoms with E-state index in [1.165, 1.54) is 0 Å². The first-order valence-corrected chi connectivity index (χ1v) is 5.61. The number of furan rings is 1. The Hall–Kier alpha value is -1.62. The zero-order chi connectivity index (χ0) is 11.1. The predicted octanol–water partition coefficient (Wildman–Crippen LogP) is 3.06. The molecule has 0 fully saturated rings. The molecule has 0 unspecified atom stereocenters. The number of aryl methyl sites for hydroxylation is 1. The highest BCUT2D eigenvalue weighted by Crippen LogP contribution is 2.24. The van der Waals surface area contributed by atoms with Crippen LogP contribution < -0.4 is 0 Å². The second-order valence-corrected chi connectivity index (χ2v) is 4.29. The number of pyridine rings is 1. The Kier molecular flexibility index (Phi) is 2.07. The van der Waals surface area contributed by atoms with Gasteiger partial charge < -0.3 is 4.42 Å². The second-order valence-electron chi connectivity index (χ2n) is 3.48. The molecule has 16 heavy (non-hydrogen) atoms. The summed E-state index contributed by atoms with van der Waals surface area (Å²) in [7, 11) is 0. The van der Waals surface area contributed by atoms with E-state index >= 15 is 0 Å². The third-order valence-electron chi connectivity index (χ3n) is 2.34. The SMILES string of the molecule is Cc1ccc(-c2nnc3cccc(Br)n23)o1. The van der Waals surface area contributed by atoms with Crippen molar-refractivity contribution in [2.75, 3.05) is 0 Å². The van der Waals surface area contributed by atoms with Crippen LogP contribution in [0, 0.1) is 6.92 Å². The van der Waals surface area contributed by atoms with Crippen LogP contribution in [0.15, 0.2) is 39.4 Å². The van der Waals surface area contributed by atoms with Crippen LogP contribution in [-0.4, -0.2) is 14.6 Å². The average Bonchev–Trinajstić information content (AvgIpc) is 2.84. The largest absolute Gasteiger partial charge is 0.458 e. The third kappa shape index (κ3) is 1.36. The summed E-state index contributed by atoms with van der Waals surface area (Å²) in [4.78, 5) is 0. The molecule has 0 bridgehead atoms. The maximum atomic E-state index is 5.55. The monoisotopic (exact) mass is 277 g/mol. The van der Waals surface area contributed by atoms with E-state index in [0.717, 1.165) is 21.8 Å². The third-order valence-corrected chi connectivity index (χ3v) is 2.96. The Bertz CT molecular complexity index is 656. The van der Waals surface area contributed by atoms with E-state index in [-0.39, 0.29) is 0 Å². The lowest BCUT2D eigenvalue weighted by molar-refractivity contribution is 0.543. The molecule has 3 aromatic heterocycles. The van der Waals surface area contributed by atoms with E-state index in [1.807, 2.05) is 41.7 Å². The Morgan fingerprint density at radius 2 is 2.06 bits per heavy atom. The van der Waals surface area contributed by atoms with Crippen LogP contribution in [0.2, 0.25) is 0 Å². The van der Waals surface area contributed by atoms with Crippen LogP contribution in [-0.2, 0) is 0 Å². The fraction of sp³-hybridized carbons (Fsp3) is 0.0909. The summed E-state index contributed by atoms with van der Waals surface area (Å²) >= 11 is 3.47. The molecule has 0 saturated carbocycles. The molecule has 80 valence electrons. The van der Waals surface area contributed by atoms with E-state index in [0.29, 0.717) is 5.82 Å². The van der Waals surface area contributed by atoms with Gasteiger partial charge >= 0.3 is 0 Å². The number of hydrogen-bond donors (Lipinski definition) is 0. The minimum atomic E-state index is 0.704. The number of aromatic nitrogens is 3. The average molecular weight is 278 g/mol. The van der Waals surface area contributed by atoms with Gasteiger partial charge in [-0.25, -0.2) is 0 Å². The van der Waals surface area contributed by atoms with E-state index in [1.54, 1.807) is 0 Å². The van der Waals surface area contributed by atoms with Crippen LogP contribution in [0.25, 0.3) is 17.2 Å². The van der Waals surface area contributed by atoms with Crippen molar-refractivity contribution in [1.82, 2.24) is 14.6 Å². The number of rotatable bonds is 1. The second kappa shape index (κ2) is 3.45. The van der Waals surface area contributed by atoms with Gasteiger partial charge in [0.15, 0.2) is 11.4 Å². The van der Waals surface area contributed by atoms with Crippen LogP contribution in [0.1, 0.15) is 5.76 Å². The normalized spacial score (nSPS) is 11.1. The molecule has 0 aliphatic carbocycles. The van der Waals surface area contributed by atoms with Crippen molar-refractivity contribution < 1.29 is 4.42 Å². The number of nitrogens with zero attached hydrogens (tertiary/aromatic N) is 3. The van der Waals surface area contributed by atoms with Crippen molar-refractivity contribution in [3.8, 4) is 11.6 Å². The lowest BCUT2D eigenvalue weighted by Crippen LogP contribution is -1.89. The molecule has 3 aromatic rings. The summed E-state index contributed by atoms with van der Waals surface area (Å²) in [6.45, 7) is 1.90. The Labute approximate surface area is 100 Å². The highest BCUT2D eigenvalue weighted by molar-refractivity contribution is 9.10. The van der Waals surface area contributed by atoms with Gasteiger partial charge in [0.1, 0.15) is 5.76 Å². The Morgan fingerprint density at radius 1 is 1.19 bits per heavy atom. The van der Waals surface area contributed by atoms with E-state index in [2.05, 4.69) is 26.1 Å². The minimum Gasteiger partial charge on any atom is -0.458 e. The molecule has 3 heterocycles. The quantitative estimate of drug-likeness (QED) is 0.642. The van der Waals surface area contributed by atoms with Crippen LogP contribution >= 0.6 is 15.9 Å². The maximum Gasteiger partial charge on any atom is 0.205 e. The molecule has 0 atom stereocenters. The summed E-state index contributed by atoms with van der Waals surface area (Å²) in [5.74, 6) is 2.28. The molecule has 3 rings (SSSR count). The standard InChI is InChI=1S/C11H8BrN3O/c1-7-5-6-8(16-7)11-14-13-10-4-2-3-9(12)15(10)11/h2-6H,1H3. The van der Waals surface area contributed by atoms with Gasteiger partial charge in [-0.05, 0) is 47.1 Å². The van der Waals surface area contributed by atoms with Gasteiger partial charge in [0.2, 0.25) is 5.82 Å².